The monoisotopic (exact) mass is 272 g/mol. The van der Waals surface area contributed by atoms with Crippen molar-refractivity contribution in [2.45, 2.75) is 27.3 Å². The molecule has 1 heterocycles. The van der Waals surface area contributed by atoms with E-state index < -0.39 is 0 Å². The minimum atomic E-state index is -0.141. The molecule has 0 fully saturated rings. The molecule has 0 aliphatic heterocycles. The van der Waals surface area contributed by atoms with Gasteiger partial charge in [-0.3, -0.25) is 9.89 Å². The quantitative estimate of drug-likeness (QED) is 0.896. The number of carbonyl (C=O) groups excluding carboxylic acids is 1. The van der Waals surface area contributed by atoms with Crippen molar-refractivity contribution in [2.75, 3.05) is 12.3 Å². The minimum absolute atomic E-state index is 0.141. The Labute approximate surface area is 118 Å². The van der Waals surface area contributed by atoms with Gasteiger partial charge in [-0.25, -0.2) is 0 Å². The molecule has 2 rings (SSSR count). The van der Waals surface area contributed by atoms with Crippen LogP contribution in [0.25, 0.3) is 0 Å². The fraction of sp³-hybridized carbons (Fsp3) is 0.333. The molecule has 1 aromatic carbocycles. The number of aryl methyl sites for hydroxylation is 2. The number of nitrogens with one attached hydrogen (secondary N) is 1. The highest BCUT2D eigenvalue weighted by Crippen LogP contribution is 2.17. The van der Waals surface area contributed by atoms with Gasteiger partial charge in [0.25, 0.3) is 5.91 Å². The number of nitrogens with zero attached hydrogens (tertiary/aromatic N) is 2. The van der Waals surface area contributed by atoms with Crippen LogP contribution in [-0.2, 0) is 6.54 Å². The zero-order valence-corrected chi connectivity index (χ0v) is 12.1. The van der Waals surface area contributed by atoms with Crippen LogP contribution in [0.5, 0.6) is 0 Å². The summed E-state index contributed by atoms with van der Waals surface area (Å²) >= 11 is 0. The van der Waals surface area contributed by atoms with Crippen LogP contribution >= 0.6 is 0 Å². The number of nitrogen functional groups attached to an aromatic ring is 1. The molecule has 5 heteroatoms. The average Bonchev–Trinajstić information content (AvgIpc) is 2.77. The van der Waals surface area contributed by atoms with Gasteiger partial charge in [0.15, 0.2) is 5.69 Å². The fourth-order valence-corrected chi connectivity index (χ4v) is 2.07. The SMILES string of the molecule is CCN(Cc1ccccc1C)C(=O)c1n[nH]c(C)c1N. The van der Waals surface area contributed by atoms with Gasteiger partial charge in [0.05, 0.1) is 11.4 Å². The normalized spacial score (nSPS) is 10.6. The Morgan fingerprint density at radius 2 is 2.05 bits per heavy atom. The Morgan fingerprint density at radius 3 is 2.60 bits per heavy atom. The zero-order valence-electron chi connectivity index (χ0n) is 12.1. The molecule has 2 aromatic rings. The summed E-state index contributed by atoms with van der Waals surface area (Å²) in [5.74, 6) is -0.141. The molecule has 0 unspecified atom stereocenters. The van der Waals surface area contributed by atoms with Gasteiger partial charge in [-0.2, -0.15) is 5.10 Å². The summed E-state index contributed by atoms with van der Waals surface area (Å²) in [6.07, 6.45) is 0. The number of H-pyrrole nitrogens is 1. The molecule has 0 saturated heterocycles. The number of rotatable bonds is 4. The van der Waals surface area contributed by atoms with E-state index in [2.05, 4.69) is 10.2 Å². The molecule has 1 amide bonds. The van der Waals surface area contributed by atoms with Gasteiger partial charge < -0.3 is 10.6 Å². The van der Waals surface area contributed by atoms with E-state index in [1.54, 1.807) is 11.8 Å². The van der Waals surface area contributed by atoms with Crippen molar-refractivity contribution in [3.63, 3.8) is 0 Å². The van der Waals surface area contributed by atoms with E-state index in [4.69, 9.17) is 5.73 Å². The molecule has 0 aliphatic rings. The van der Waals surface area contributed by atoms with E-state index in [9.17, 15) is 4.79 Å². The zero-order chi connectivity index (χ0) is 14.7. The van der Waals surface area contributed by atoms with Crippen LogP contribution in [0.3, 0.4) is 0 Å². The second-order valence-corrected chi connectivity index (χ2v) is 4.86. The molecule has 0 spiro atoms. The van der Waals surface area contributed by atoms with E-state index in [0.717, 1.165) is 11.3 Å². The summed E-state index contributed by atoms with van der Waals surface area (Å²) in [5, 5.41) is 6.76. The van der Waals surface area contributed by atoms with Gasteiger partial charge in [0.1, 0.15) is 0 Å². The van der Waals surface area contributed by atoms with Crippen LogP contribution in [0.1, 0.15) is 34.2 Å². The second kappa shape index (κ2) is 5.77. The summed E-state index contributed by atoms with van der Waals surface area (Å²) in [6.45, 7) is 6.97. The van der Waals surface area contributed by atoms with Crippen molar-refractivity contribution < 1.29 is 4.79 Å². The van der Waals surface area contributed by atoms with Crippen LogP contribution < -0.4 is 5.73 Å². The smallest absolute Gasteiger partial charge is 0.276 e. The first-order valence-corrected chi connectivity index (χ1v) is 6.68. The maximum atomic E-state index is 12.5. The standard InChI is InChI=1S/C15H20N4O/c1-4-19(9-12-8-6-5-7-10(12)2)15(20)14-13(16)11(3)17-18-14/h5-8H,4,9,16H2,1-3H3,(H,17,18). The molecule has 0 radical (unpaired) electrons. The Balaban J connectivity index is 2.23. The minimum Gasteiger partial charge on any atom is -0.395 e. The number of aromatic nitrogens is 2. The molecule has 3 N–H and O–H groups in total. The lowest BCUT2D eigenvalue weighted by Crippen LogP contribution is -2.31. The Morgan fingerprint density at radius 1 is 1.35 bits per heavy atom. The molecule has 0 saturated carbocycles. The van der Waals surface area contributed by atoms with Crippen molar-refractivity contribution in [2.24, 2.45) is 0 Å². The molecular weight excluding hydrogens is 252 g/mol. The number of carbonyl (C=O) groups is 1. The first-order valence-electron chi connectivity index (χ1n) is 6.68. The number of anilines is 1. The lowest BCUT2D eigenvalue weighted by molar-refractivity contribution is 0.0747. The van der Waals surface area contributed by atoms with Crippen LogP contribution in [-0.4, -0.2) is 27.5 Å². The molecule has 20 heavy (non-hydrogen) atoms. The Bertz CT molecular complexity index is 618. The first kappa shape index (κ1) is 14.1. The van der Waals surface area contributed by atoms with Crippen LogP contribution in [0.4, 0.5) is 5.69 Å². The number of hydrogen-bond acceptors (Lipinski definition) is 3. The van der Waals surface area contributed by atoms with Gasteiger partial charge in [0, 0.05) is 13.1 Å². The van der Waals surface area contributed by atoms with E-state index in [1.165, 1.54) is 5.56 Å². The molecule has 1 aromatic heterocycles. The second-order valence-electron chi connectivity index (χ2n) is 4.86. The number of amides is 1. The topological polar surface area (TPSA) is 75.0 Å². The highest BCUT2D eigenvalue weighted by Gasteiger charge is 2.21. The largest absolute Gasteiger partial charge is 0.395 e. The van der Waals surface area contributed by atoms with E-state index in [0.29, 0.717) is 24.5 Å². The molecule has 106 valence electrons. The van der Waals surface area contributed by atoms with Gasteiger partial charge in [-0.15, -0.1) is 0 Å². The average molecular weight is 272 g/mol. The van der Waals surface area contributed by atoms with Gasteiger partial charge >= 0.3 is 0 Å². The Hall–Kier alpha value is -2.30. The van der Waals surface area contributed by atoms with Crippen molar-refractivity contribution in [3.05, 3.63) is 46.8 Å². The summed E-state index contributed by atoms with van der Waals surface area (Å²) in [7, 11) is 0. The summed E-state index contributed by atoms with van der Waals surface area (Å²) < 4.78 is 0. The van der Waals surface area contributed by atoms with Crippen molar-refractivity contribution >= 4 is 11.6 Å². The number of aromatic amines is 1. The molecular formula is C15H20N4O. The first-order chi connectivity index (χ1) is 9.54. The maximum absolute atomic E-state index is 12.5. The third-order valence-electron chi connectivity index (χ3n) is 3.49. The third kappa shape index (κ3) is 2.66. The lowest BCUT2D eigenvalue weighted by Gasteiger charge is -2.21. The third-order valence-corrected chi connectivity index (χ3v) is 3.49. The summed E-state index contributed by atoms with van der Waals surface area (Å²) in [5.41, 5.74) is 9.64. The predicted molar refractivity (Wildman–Crippen MR) is 79.3 cm³/mol. The number of nitrogens with two attached hydrogens (primary N) is 1. The van der Waals surface area contributed by atoms with E-state index in [1.807, 2.05) is 38.1 Å². The van der Waals surface area contributed by atoms with E-state index >= 15 is 0 Å². The summed E-state index contributed by atoms with van der Waals surface area (Å²) in [4.78, 5) is 14.2. The van der Waals surface area contributed by atoms with Crippen molar-refractivity contribution in [1.29, 1.82) is 0 Å². The van der Waals surface area contributed by atoms with Gasteiger partial charge in [-0.05, 0) is 31.9 Å². The van der Waals surface area contributed by atoms with Gasteiger partial charge in [-0.1, -0.05) is 24.3 Å². The Kier molecular flexibility index (Phi) is 4.08. The van der Waals surface area contributed by atoms with Crippen LogP contribution in [0.15, 0.2) is 24.3 Å². The highest BCUT2D eigenvalue weighted by atomic mass is 16.2. The van der Waals surface area contributed by atoms with Crippen molar-refractivity contribution in [3.8, 4) is 0 Å². The van der Waals surface area contributed by atoms with Crippen LogP contribution in [0, 0.1) is 13.8 Å². The molecule has 0 aliphatic carbocycles. The molecule has 0 atom stereocenters. The fourth-order valence-electron chi connectivity index (χ4n) is 2.07. The predicted octanol–water partition coefficient (Wildman–Crippen LogP) is 2.27. The van der Waals surface area contributed by atoms with E-state index in [-0.39, 0.29) is 5.91 Å². The molecule has 0 bridgehead atoms. The lowest BCUT2D eigenvalue weighted by atomic mass is 10.1. The molecule has 5 nitrogen and oxygen atoms in total. The summed E-state index contributed by atoms with van der Waals surface area (Å²) in [6, 6.07) is 8.05. The highest BCUT2D eigenvalue weighted by molar-refractivity contribution is 5.97. The number of hydrogen-bond donors (Lipinski definition) is 2. The maximum Gasteiger partial charge on any atom is 0.276 e. The van der Waals surface area contributed by atoms with Gasteiger partial charge in [0.2, 0.25) is 0 Å². The number of benzene rings is 1. The van der Waals surface area contributed by atoms with Crippen molar-refractivity contribution in [1.82, 2.24) is 15.1 Å². The van der Waals surface area contributed by atoms with Crippen LogP contribution in [0.2, 0.25) is 0 Å².